The second-order valence-corrected chi connectivity index (χ2v) is 7.53. The third-order valence-electron chi connectivity index (χ3n) is 5.29. The summed E-state index contributed by atoms with van der Waals surface area (Å²) in [5, 5.41) is 11.5. The lowest BCUT2D eigenvalue weighted by Crippen LogP contribution is -2.42. The smallest absolute Gasteiger partial charge is 0.338 e. The summed E-state index contributed by atoms with van der Waals surface area (Å²) in [5.74, 6) is -1.18. The van der Waals surface area contributed by atoms with Crippen LogP contribution in [0.1, 0.15) is 40.4 Å². The van der Waals surface area contributed by atoms with E-state index in [1.165, 1.54) is 26.3 Å². The van der Waals surface area contributed by atoms with Gasteiger partial charge in [0.05, 0.1) is 29.7 Å². The maximum Gasteiger partial charge on any atom is 0.338 e. The Morgan fingerprint density at radius 2 is 2.03 bits per heavy atom. The number of hydrogen-bond donors (Lipinski definition) is 1. The highest BCUT2D eigenvalue weighted by Crippen LogP contribution is 2.39. The van der Waals surface area contributed by atoms with Crippen molar-refractivity contribution in [3.63, 3.8) is 0 Å². The molecule has 0 aliphatic heterocycles. The molecule has 0 saturated heterocycles. The number of nitrogens with one attached hydrogen (secondary N) is 1. The fourth-order valence-corrected chi connectivity index (χ4v) is 3.51. The molecule has 1 aliphatic carbocycles. The van der Waals surface area contributed by atoms with E-state index in [0.29, 0.717) is 16.9 Å². The van der Waals surface area contributed by atoms with Crippen LogP contribution in [0.3, 0.4) is 0 Å². The molecule has 2 aromatic heterocycles. The first-order valence-electron chi connectivity index (χ1n) is 9.87. The van der Waals surface area contributed by atoms with E-state index < -0.39 is 29.7 Å². The molecule has 0 spiro atoms. The van der Waals surface area contributed by atoms with Crippen molar-refractivity contribution in [2.45, 2.75) is 25.3 Å². The fraction of sp³-hybridized carbons (Fsp3) is 0.273. The van der Waals surface area contributed by atoms with Crippen LogP contribution in [0.2, 0.25) is 0 Å². The number of nitrogens with zero attached hydrogens (tertiary/aromatic N) is 4. The molecule has 32 heavy (non-hydrogen) atoms. The zero-order valence-corrected chi connectivity index (χ0v) is 17.4. The zero-order chi connectivity index (χ0) is 23.0. The highest BCUT2D eigenvalue weighted by Gasteiger charge is 2.29. The number of pyridine rings is 1. The van der Waals surface area contributed by atoms with Gasteiger partial charge in [0.15, 0.2) is 0 Å². The summed E-state index contributed by atoms with van der Waals surface area (Å²) in [6.45, 7) is -0.580. The molecular weight excluding hydrogens is 414 g/mol. The summed E-state index contributed by atoms with van der Waals surface area (Å²) >= 11 is 0. The van der Waals surface area contributed by atoms with Crippen molar-refractivity contribution in [1.82, 2.24) is 14.1 Å². The Bertz CT molecular complexity index is 1430. The molecule has 1 fully saturated rings. The summed E-state index contributed by atoms with van der Waals surface area (Å²) in [7, 11) is 2.63. The summed E-state index contributed by atoms with van der Waals surface area (Å²) in [4.78, 5) is 55.5. The Hall–Kier alpha value is -4.26. The van der Waals surface area contributed by atoms with E-state index in [2.05, 4.69) is 10.3 Å². The largest absolute Gasteiger partial charge is 0.465 e. The van der Waals surface area contributed by atoms with Crippen molar-refractivity contribution in [2.75, 3.05) is 12.4 Å². The zero-order valence-electron chi connectivity index (χ0n) is 17.4. The number of amides is 1. The maximum absolute atomic E-state index is 13.2. The highest BCUT2D eigenvalue weighted by molar-refractivity contribution is 6.02. The van der Waals surface area contributed by atoms with Crippen molar-refractivity contribution in [3.05, 3.63) is 68.0 Å². The van der Waals surface area contributed by atoms with E-state index in [0.717, 1.165) is 22.0 Å². The second-order valence-electron chi connectivity index (χ2n) is 7.53. The molecule has 3 aromatic rings. The quantitative estimate of drug-likeness (QED) is 0.598. The predicted octanol–water partition coefficient (Wildman–Crippen LogP) is 1.27. The Morgan fingerprint density at radius 1 is 1.28 bits per heavy atom. The van der Waals surface area contributed by atoms with Gasteiger partial charge >= 0.3 is 11.7 Å². The number of nitriles is 1. The summed E-state index contributed by atoms with van der Waals surface area (Å²) in [5.41, 5.74) is -0.134. The van der Waals surface area contributed by atoms with E-state index in [4.69, 9.17) is 10.00 Å². The normalized spacial score (nSPS) is 12.9. The number of anilines is 1. The van der Waals surface area contributed by atoms with Gasteiger partial charge in [0.2, 0.25) is 5.91 Å². The predicted molar refractivity (Wildman–Crippen MR) is 114 cm³/mol. The van der Waals surface area contributed by atoms with Crippen molar-refractivity contribution >= 4 is 28.6 Å². The molecule has 0 bridgehead atoms. The minimum Gasteiger partial charge on any atom is -0.465 e. The third kappa shape index (κ3) is 3.76. The SMILES string of the molecule is COC(=O)c1cc(C2CC2)nc2c1c(=O)n(CC(=O)Nc1cccc(C#N)c1)c(=O)n2C. The van der Waals surface area contributed by atoms with Gasteiger partial charge in [-0.1, -0.05) is 6.07 Å². The molecule has 4 rings (SSSR count). The highest BCUT2D eigenvalue weighted by atomic mass is 16.5. The van der Waals surface area contributed by atoms with Gasteiger partial charge < -0.3 is 10.1 Å². The number of methoxy groups -OCH3 is 1. The lowest BCUT2D eigenvalue weighted by atomic mass is 10.1. The Labute approximate surface area is 181 Å². The average molecular weight is 433 g/mol. The van der Waals surface area contributed by atoms with Crippen LogP contribution in [0.25, 0.3) is 11.0 Å². The average Bonchev–Trinajstić information content (AvgIpc) is 3.64. The molecule has 0 unspecified atom stereocenters. The van der Waals surface area contributed by atoms with Crippen molar-refractivity contribution in [2.24, 2.45) is 7.05 Å². The second kappa shape index (κ2) is 8.11. The summed E-state index contributed by atoms with van der Waals surface area (Å²) in [6.07, 6.45) is 1.83. The lowest BCUT2D eigenvalue weighted by Gasteiger charge is -2.13. The molecule has 1 saturated carbocycles. The molecule has 0 atom stereocenters. The molecule has 1 N–H and O–H groups in total. The topological polar surface area (TPSA) is 136 Å². The first-order chi connectivity index (χ1) is 15.3. The van der Waals surface area contributed by atoms with Crippen molar-refractivity contribution < 1.29 is 14.3 Å². The minimum atomic E-state index is -0.806. The van der Waals surface area contributed by atoms with Gasteiger partial charge in [-0.25, -0.2) is 14.6 Å². The van der Waals surface area contributed by atoms with E-state index in [-0.39, 0.29) is 22.5 Å². The third-order valence-corrected chi connectivity index (χ3v) is 5.29. The fourth-order valence-electron chi connectivity index (χ4n) is 3.51. The number of fused-ring (bicyclic) bond motifs is 1. The number of aromatic nitrogens is 3. The monoisotopic (exact) mass is 433 g/mol. The Morgan fingerprint density at radius 3 is 2.69 bits per heavy atom. The van der Waals surface area contributed by atoms with E-state index in [9.17, 15) is 19.2 Å². The standard InChI is InChI=1S/C22H19N5O5/c1-26-19-18(15(21(30)32-2)9-16(25-19)13-6-7-13)20(29)27(22(26)31)11-17(28)24-14-5-3-4-12(8-14)10-23/h3-5,8-9,13H,6-7,11H2,1-2H3,(H,24,28). The number of rotatable bonds is 5. The summed E-state index contributed by atoms with van der Waals surface area (Å²) < 4.78 is 6.74. The van der Waals surface area contributed by atoms with Crippen LogP contribution in [0.4, 0.5) is 5.69 Å². The van der Waals surface area contributed by atoms with Gasteiger partial charge in [0.1, 0.15) is 12.2 Å². The molecule has 1 amide bonds. The first-order valence-corrected chi connectivity index (χ1v) is 9.87. The molecule has 10 heteroatoms. The number of carbonyl (C=O) groups excluding carboxylic acids is 2. The minimum absolute atomic E-state index is 0.0101. The number of ether oxygens (including phenoxy) is 1. The van der Waals surface area contributed by atoms with Gasteiger partial charge in [-0.2, -0.15) is 5.26 Å². The van der Waals surface area contributed by atoms with Crippen LogP contribution >= 0.6 is 0 Å². The number of hydrogen-bond acceptors (Lipinski definition) is 7. The van der Waals surface area contributed by atoms with Gasteiger partial charge in [-0.05, 0) is 37.1 Å². The van der Waals surface area contributed by atoms with E-state index in [1.807, 2.05) is 6.07 Å². The molecular formula is C22H19N5O5. The Balaban J connectivity index is 1.80. The first kappa shape index (κ1) is 21.0. The van der Waals surface area contributed by atoms with E-state index >= 15 is 0 Å². The van der Waals surface area contributed by atoms with Crippen LogP contribution in [-0.2, 0) is 23.1 Å². The van der Waals surface area contributed by atoms with Gasteiger partial charge in [0.25, 0.3) is 5.56 Å². The molecule has 0 radical (unpaired) electrons. The van der Waals surface area contributed by atoms with Gasteiger partial charge in [0, 0.05) is 24.3 Å². The van der Waals surface area contributed by atoms with Crippen LogP contribution < -0.4 is 16.6 Å². The van der Waals surface area contributed by atoms with Crippen LogP contribution in [0.15, 0.2) is 39.9 Å². The van der Waals surface area contributed by atoms with Gasteiger partial charge in [-0.15, -0.1) is 0 Å². The van der Waals surface area contributed by atoms with Crippen molar-refractivity contribution in [3.8, 4) is 6.07 Å². The van der Waals surface area contributed by atoms with Crippen molar-refractivity contribution in [1.29, 1.82) is 5.26 Å². The molecule has 2 heterocycles. The number of carbonyl (C=O) groups is 2. The van der Waals surface area contributed by atoms with Gasteiger partial charge in [-0.3, -0.25) is 18.7 Å². The number of benzene rings is 1. The maximum atomic E-state index is 13.2. The van der Waals surface area contributed by atoms with Crippen LogP contribution in [0, 0.1) is 11.3 Å². The molecule has 1 aromatic carbocycles. The molecule has 162 valence electrons. The number of aryl methyl sites for hydroxylation is 1. The van der Waals surface area contributed by atoms with Crippen LogP contribution in [0.5, 0.6) is 0 Å². The molecule has 10 nitrogen and oxygen atoms in total. The molecule has 1 aliphatic rings. The summed E-state index contributed by atoms with van der Waals surface area (Å²) in [6, 6.07) is 9.72. The van der Waals surface area contributed by atoms with E-state index in [1.54, 1.807) is 18.2 Å². The van der Waals surface area contributed by atoms with Crippen LogP contribution in [-0.4, -0.2) is 33.1 Å². The number of esters is 1. The lowest BCUT2D eigenvalue weighted by molar-refractivity contribution is -0.116. The Kier molecular flexibility index (Phi) is 5.32.